The van der Waals surface area contributed by atoms with E-state index in [0.717, 1.165) is 42.4 Å². The Bertz CT molecular complexity index is 1110. The Morgan fingerprint density at radius 3 is 2.66 bits per heavy atom. The van der Waals surface area contributed by atoms with E-state index in [4.69, 9.17) is 0 Å². The topological polar surface area (TPSA) is 85.2 Å². The van der Waals surface area contributed by atoms with Crippen molar-refractivity contribution in [2.75, 3.05) is 26.2 Å². The number of aliphatic hydroxyl groups is 1. The van der Waals surface area contributed by atoms with Gasteiger partial charge >= 0.3 is 6.03 Å². The van der Waals surface area contributed by atoms with Crippen molar-refractivity contribution in [3.05, 3.63) is 63.9 Å². The smallest absolute Gasteiger partial charge is 0.317 e. The summed E-state index contributed by atoms with van der Waals surface area (Å²) in [6.45, 7) is 2.40. The monoisotopic (exact) mass is 492 g/mol. The molecule has 1 spiro atoms. The van der Waals surface area contributed by atoms with Gasteiger partial charge in [0.2, 0.25) is 0 Å². The summed E-state index contributed by atoms with van der Waals surface area (Å²) in [6, 6.07) is 13.6. The Morgan fingerprint density at radius 2 is 1.94 bits per heavy atom. The van der Waals surface area contributed by atoms with E-state index in [-0.39, 0.29) is 11.4 Å². The fourth-order valence-corrected chi connectivity index (χ4v) is 6.54. The molecule has 2 aliphatic heterocycles. The van der Waals surface area contributed by atoms with E-state index in [2.05, 4.69) is 10.3 Å². The predicted octanol–water partition coefficient (Wildman–Crippen LogP) is 3.91. The maximum absolute atomic E-state index is 12.9. The normalized spacial score (nSPS) is 23.7. The van der Waals surface area contributed by atoms with Crippen molar-refractivity contribution in [2.45, 2.75) is 44.2 Å². The number of aldehydes is 1. The van der Waals surface area contributed by atoms with Gasteiger partial charge in [0.15, 0.2) is 0 Å². The molecule has 2 N–H and O–H groups in total. The van der Waals surface area contributed by atoms with Gasteiger partial charge in [-0.3, -0.25) is 4.79 Å². The minimum atomic E-state index is -0.946. The van der Waals surface area contributed by atoms with E-state index in [1.54, 1.807) is 17.7 Å². The largest absolute Gasteiger partial charge is 0.387 e. The first-order valence-electron chi connectivity index (χ1n) is 12.3. The Kier molecular flexibility index (Phi) is 6.75. The lowest BCUT2D eigenvalue weighted by molar-refractivity contribution is -0.131. The molecule has 5 rings (SSSR count). The standard InChI is InChI=1S/C27H32N4O3S/c32-17-22-16-30(20-29-24(22)21-7-2-1-3-8-21)19-27(34)12-13-31(18-26(27)10-4-5-11-26)25(33)28-15-23-9-6-14-35-23/h1-3,6-9,14,17,20,34H,4-5,10-13,15-16,18-19H2,(H,28,33)/t27-/m1/s1. The highest BCUT2D eigenvalue weighted by molar-refractivity contribution is 7.09. The van der Waals surface area contributed by atoms with Crippen LogP contribution in [0.2, 0.25) is 0 Å². The Labute approximate surface area is 210 Å². The molecule has 1 saturated carbocycles. The Balaban J connectivity index is 1.28. The zero-order valence-corrected chi connectivity index (χ0v) is 20.7. The van der Waals surface area contributed by atoms with Crippen LogP contribution in [0.15, 0.2) is 58.4 Å². The molecule has 2 fully saturated rings. The average molecular weight is 493 g/mol. The van der Waals surface area contributed by atoms with Gasteiger partial charge in [-0.15, -0.1) is 11.3 Å². The summed E-state index contributed by atoms with van der Waals surface area (Å²) in [5.41, 5.74) is 0.936. The van der Waals surface area contributed by atoms with Crippen molar-refractivity contribution in [3.63, 3.8) is 0 Å². The number of likely N-dealkylation sites (tertiary alicyclic amines) is 1. The van der Waals surface area contributed by atoms with Crippen LogP contribution < -0.4 is 5.32 Å². The molecule has 1 aromatic carbocycles. The van der Waals surface area contributed by atoms with Crippen molar-refractivity contribution in [1.29, 1.82) is 0 Å². The van der Waals surface area contributed by atoms with E-state index >= 15 is 0 Å². The van der Waals surface area contributed by atoms with Gasteiger partial charge in [-0.05, 0) is 30.7 Å². The van der Waals surface area contributed by atoms with E-state index in [1.165, 1.54) is 0 Å². The van der Waals surface area contributed by atoms with Crippen LogP contribution in [0.4, 0.5) is 4.79 Å². The quantitative estimate of drug-likeness (QED) is 0.599. The lowest BCUT2D eigenvalue weighted by Crippen LogP contribution is -2.64. The van der Waals surface area contributed by atoms with Crippen LogP contribution in [0.5, 0.6) is 0 Å². The number of piperidine rings is 1. The lowest BCUT2D eigenvalue weighted by atomic mass is 9.65. The molecular weight excluding hydrogens is 460 g/mol. The van der Waals surface area contributed by atoms with Gasteiger partial charge in [-0.25, -0.2) is 9.79 Å². The first kappa shape index (κ1) is 23.8. The predicted molar refractivity (Wildman–Crippen MR) is 138 cm³/mol. The fourth-order valence-electron chi connectivity index (χ4n) is 5.90. The molecular formula is C27H32N4O3S. The van der Waals surface area contributed by atoms with Gasteiger partial charge in [0.25, 0.3) is 0 Å². The van der Waals surface area contributed by atoms with Gasteiger partial charge < -0.3 is 20.2 Å². The number of benzene rings is 1. The van der Waals surface area contributed by atoms with Crippen molar-refractivity contribution in [3.8, 4) is 0 Å². The van der Waals surface area contributed by atoms with Crippen LogP contribution in [-0.2, 0) is 11.3 Å². The molecule has 1 atom stereocenters. The molecule has 2 amide bonds. The minimum Gasteiger partial charge on any atom is -0.387 e. The van der Waals surface area contributed by atoms with Gasteiger partial charge in [-0.1, -0.05) is 49.2 Å². The molecule has 7 nitrogen and oxygen atoms in total. The second-order valence-corrected chi connectivity index (χ2v) is 11.0. The van der Waals surface area contributed by atoms with Crippen molar-refractivity contribution in [2.24, 2.45) is 10.4 Å². The third-order valence-electron chi connectivity index (χ3n) is 7.80. The SMILES string of the molecule is O=CC1=C(c2ccccc2)N=CN(C[C@]2(O)CCN(C(=O)NCc3cccs3)CC23CCCC3)C1. The van der Waals surface area contributed by atoms with Gasteiger partial charge in [0, 0.05) is 47.6 Å². The summed E-state index contributed by atoms with van der Waals surface area (Å²) < 4.78 is 0. The Hall–Kier alpha value is -2.97. The third kappa shape index (κ3) is 4.77. The number of β-amino-alcohol motifs (C(OH)–C–C–N with tert-alkyl or cyclic N) is 1. The second-order valence-electron chi connectivity index (χ2n) is 9.94. The molecule has 1 aromatic heterocycles. The highest BCUT2D eigenvalue weighted by Crippen LogP contribution is 2.51. The fraction of sp³-hybridized carbons (Fsp3) is 0.444. The number of aliphatic imine (C=N–C) groups is 1. The van der Waals surface area contributed by atoms with Crippen molar-refractivity contribution < 1.29 is 14.7 Å². The summed E-state index contributed by atoms with van der Waals surface area (Å²) >= 11 is 1.63. The lowest BCUT2D eigenvalue weighted by Gasteiger charge is -2.53. The summed E-state index contributed by atoms with van der Waals surface area (Å²) in [7, 11) is 0. The highest BCUT2D eigenvalue weighted by Gasteiger charge is 2.56. The number of nitrogens with one attached hydrogen (secondary N) is 1. The van der Waals surface area contributed by atoms with E-state index < -0.39 is 5.60 Å². The van der Waals surface area contributed by atoms with Crippen LogP contribution >= 0.6 is 11.3 Å². The van der Waals surface area contributed by atoms with Crippen molar-refractivity contribution in [1.82, 2.24) is 15.1 Å². The second kappa shape index (κ2) is 9.95. The number of carbonyl (C=O) groups excluding carboxylic acids is 2. The van der Waals surface area contributed by atoms with Crippen LogP contribution in [-0.4, -0.2) is 65.3 Å². The van der Waals surface area contributed by atoms with E-state index in [9.17, 15) is 14.7 Å². The molecule has 3 heterocycles. The molecule has 1 aliphatic carbocycles. The van der Waals surface area contributed by atoms with Crippen LogP contribution in [0.3, 0.4) is 0 Å². The molecule has 3 aliphatic rings. The van der Waals surface area contributed by atoms with Gasteiger partial charge in [-0.2, -0.15) is 0 Å². The van der Waals surface area contributed by atoms with Gasteiger partial charge in [0.05, 0.1) is 24.2 Å². The molecule has 184 valence electrons. The number of urea groups is 1. The van der Waals surface area contributed by atoms with Crippen LogP contribution in [0.25, 0.3) is 5.70 Å². The molecule has 0 bridgehead atoms. The van der Waals surface area contributed by atoms with Gasteiger partial charge in [0.1, 0.15) is 6.29 Å². The number of hydrogen-bond donors (Lipinski definition) is 2. The number of hydrogen-bond acceptors (Lipinski definition) is 6. The molecule has 8 heteroatoms. The molecule has 35 heavy (non-hydrogen) atoms. The zero-order chi connectivity index (χ0) is 24.3. The van der Waals surface area contributed by atoms with Crippen LogP contribution in [0.1, 0.15) is 42.5 Å². The average Bonchev–Trinajstić information content (AvgIpc) is 3.58. The first-order valence-corrected chi connectivity index (χ1v) is 13.2. The number of carbonyl (C=O) groups is 2. The Morgan fingerprint density at radius 1 is 1.14 bits per heavy atom. The van der Waals surface area contributed by atoms with Crippen LogP contribution in [0, 0.1) is 5.41 Å². The van der Waals surface area contributed by atoms with E-state index in [0.29, 0.717) is 50.4 Å². The summed E-state index contributed by atoms with van der Waals surface area (Å²) in [5, 5.41) is 17.1. The molecule has 2 aromatic rings. The summed E-state index contributed by atoms with van der Waals surface area (Å²) in [5.74, 6) is 0. The zero-order valence-electron chi connectivity index (χ0n) is 19.9. The minimum absolute atomic E-state index is 0.0649. The summed E-state index contributed by atoms with van der Waals surface area (Å²) in [4.78, 5) is 34.4. The number of rotatable bonds is 6. The number of nitrogens with zero attached hydrogens (tertiary/aromatic N) is 3. The number of amides is 2. The van der Waals surface area contributed by atoms with E-state index in [1.807, 2.05) is 57.6 Å². The highest BCUT2D eigenvalue weighted by atomic mass is 32.1. The number of thiophene rings is 1. The maximum Gasteiger partial charge on any atom is 0.317 e. The molecule has 1 saturated heterocycles. The third-order valence-corrected chi connectivity index (χ3v) is 8.68. The molecule has 0 radical (unpaired) electrons. The first-order chi connectivity index (χ1) is 17.0. The maximum atomic E-state index is 12.9. The molecule has 0 unspecified atom stereocenters. The summed E-state index contributed by atoms with van der Waals surface area (Å²) in [6.07, 6.45) is 7.05. The van der Waals surface area contributed by atoms with Crippen molar-refractivity contribution >= 4 is 35.7 Å².